The molecule has 4 atom stereocenters. The van der Waals surface area contributed by atoms with E-state index in [2.05, 4.69) is 10.6 Å². The third-order valence-electron chi connectivity index (χ3n) is 3.74. The number of aliphatic hydroxyl groups excluding tert-OH is 1. The van der Waals surface area contributed by atoms with Crippen molar-refractivity contribution in [1.29, 1.82) is 0 Å². The number of nitrogens with two attached hydrogens (primary N) is 2. The molecule has 0 radical (unpaired) electrons. The summed E-state index contributed by atoms with van der Waals surface area (Å²) in [7, 11) is 0. The quantitative estimate of drug-likeness (QED) is 0.246. The van der Waals surface area contributed by atoms with Gasteiger partial charge < -0.3 is 37.1 Å². The Hall–Kier alpha value is -2.98. The highest BCUT2D eigenvalue weighted by Gasteiger charge is 2.27. The van der Waals surface area contributed by atoms with Crippen LogP contribution >= 0.6 is 0 Å². The molecule has 1 aromatic rings. The van der Waals surface area contributed by atoms with Crippen LogP contribution in [0.4, 0.5) is 0 Å². The fraction of sp³-hybridized carbons (Fsp3) is 0.412. The van der Waals surface area contributed by atoms with Crippen LogP contribution in [0.2, 0.25) is 0 Å². The topological polar surface area (TPSA) is 185 Å². The second-order valence-corrected chi connectivity index (χ2v) is 6.12. The highest BCUT2D eigenvalue weighted by molar-refractivity contribution is 5.93. The van der Waals surface area contributed by atoms with E-state index in [0.717, 1.165) is 0 Å². The van der Waals surface area contributed by atoms with Crippen LogP contribution < -0.4 is 22.1 Å². The molecule has 0 saturated heterocycles. The van der Waals surface area contributed by atoms with E-state index in [1.54, 1.807) is 12.1 Å². The number of aromatic hydroxyl groups is 1. The molecule has 0 aliphatic heterocycles. The van der Waals surface area contributed by atoms with Crippen LogP contribution in [0.3, 0.4) is 0 Å². The van der Waals surface area contributed by atoms with Crippen molar-refractivity contribution in [2.45, 2.75) is 44.0 Å². The van der Waals surface area contributed by atoms with Gasteiger partial charge in [0.05, 0.1) is 18.6 Å². The first-order valence-corrected chi connectivity index (χ1v) is 8.20. The number of benzene rings is 1. The Bertz CT molecular complexity index is 677. The molecule has 8 N–H and O–H groups in total. The number of carbonyl (C=O) groups is 4. The van der Waals surface area contributed by atoms with Crippen molar-refractivity contribution in [1.82, 2.24) is 10.6 Å². The fourth-order valence-electron chi connectivity index (χ4n) is 2.20. The Labute approximate surface area is 155 Å². The van der Waals surface area contributed by atoms with Gasteiger partial charge >= 0.3 is 0 Å². The van der Waals surface area contributed by atoms with Crippen molar-refractivity contribution in [3.63, 3.8) is 0 Å². The van der Waals surface area contributed by atoms with Crippen molar-refractivity contribution in [3.8, 4) is 5.75 Å². The maximum atomic E-state index is 12.5. The first-order chi connectivity index (χ1) is 12.6. The van der Waals surface area contributed by atoms with Crippen LogP contribution in [0.15, 0.2) is 24.3 Å². The number of aliphatic hydroxyl groups is 1. The van der Waals surface area contributed by atoms with Gasteiger partial charge in [0, 0.05) is 6.42 Å². The number of hydrogen-bond acceptors (Lipinski definition) is 7. The first kappa shape index (κ1) is 22.1. The average molecular weight is 380 g/mol. The number of hydrogen-bond donors (Lipinski definition) is 6. The number of nitrogens with one attached hydrogen (secondary N) is 2. The summed E-state index contributed by atoms with van der Waals surface area (Å²) in [6, 6.07) is 2.40. The number of aldehydes is 1. The zero-order chi connectivity index (χ0) is 20.6. The molecule has 3 amide bonds. The monoisotopic (exact) mass is 380 g/mol. The molecular formula is C17H24N4O6. The minimum atomic E-state index is -1.24. The molecule has 0 heterocycles. The van der Waals surface area contributed by atoms with E-state index < -0.39 is 48.4 Å². The largest absolute Gasteiger partial charge is 0.508 e. The molecule has 0 aromatic heterocycles. The number of amides is 3. The highest BCUT2D eigenvalue weighted by atomic mass is 16.3. The highest BCUT2D eigenvalue weighted by Crippen LogP contribution is 2.12. The zero-order valence-corrected chi connectivity index (χ0v) is 14.8. The van der Waals surface area contributed by atoms with Gasteiger partial charge in [-0.05, 0) is 24.6 Å². The second kappa shape index (κ2) is 10.2. The van der Waals surface area contributed by atoms with E-state index >= 15 is 0 Å². The molecule has 0 bridgehead atoms. The van der Waals surface area contributed by atoms with E-state index in [4.69, 9.17) is 11.5 Å². The van der Waals surface area contributed by atoms with Gasteiger partial charge in [-0.3, -0.25) is 14.4 Å². The molecule has 1 rings (SSSR count). The fourth-order valence-corrected chi connectivity index (χ4v) is 2.20. The third-order valence-corrected chi connectivity index (χ3v) is 3.74. The molecule has 0 unspecified atom stereocenters. The van der Waals surface area contributed by atoms with Crippen LogP contribution in [0.1, 0.15) is 18.9 Å². The van der Waals surface area contributed by atoms with E-state index in [1.165, 1.54) is 19.1 Å². The van der Waals surface area contributed by atoms with Gasteiger partial charge in [-0.15, -0.1) is 0 Å². The lowest BCUT2D eigenvalue weighted by Gasteiger charge is -2.23. The lowest BCUT2D eigenvalue weighted by molar-refractivity contribution is -0.132. The Morgan fingerprint density at radius 2 is 1.74 bits per heavy atom. The normalized spacial score (nSPS) is 15.1. The Kier molecular flexibility index (Phi) is 8.36. The Morgan fingerprint density at radius 3 is 2.22 bits per heavy atom. The van der Waals surface area contributed by atoms with Crippen molar-refractivity contribution in [2.24, 2.45) is 11.5 Å². The smallest absolute Gasteiger partial charge is 0.243 e. The Morgan fingerprint density at radius 1 is 1.15 bits per heavy atom. The van der Waals surface area contributed by atoms with Crippen LogP contribution in [0.25, 0.3) is 0 Å². The SMILES string of the molecule is C[C@@H](O)[C@@H](C=O)NC(=O)[C@H](Cc1ccc(O)cc1)NC(=O)[C@@H](N)CC(N)=O. The molecule has 0 aliphatic rings. The lowest BCUT2D eigenvalue weighted by atomic mass is 10.0. The van der Waals surface area contributed by atoms with Gasteiger partial charge in [0.15, 0.2) is 0 Å². The minimum absolute atomic E-state index is 0.0204. The maximum absolute atomic E-state index is 12.5. The van der Waals surface area contributed by atoms with Crippen molar-refractivity contribution >= 4 is 24.0 Å². The molecule has 1 aromatic carbocycles. The standard InChI is InChI=1S/C17H24N4O6/c1-9(23)14(8-22)21-17(27)13(6-10-2-4-11(24)5-3-10)20-16(26)12(18)7-15(19)25/h2-5,8-9,12-14,23-24H,6-7,18H2,1H3,(H2,19,25)(H,20,26)(H,21,27)/t9-,12+,13+,14-/m1/s1. The number of phenols is 1. The molecule has 10 heteroatoms. The van der Waals surface area contributed by atoms with Crippen molar-refractivity contribution < 1.29 is 29.4 Å². The summed E-state index contributed by atoms with van der Waals surface area (Å²) in [5.74, 6) is -2.23. The summed E-state index contributed by atoms with van der Waals surface area (Å²) in [5, 5.41) is 23.6. The number of carbonyl (C=O) groups excluding carboxylic acids is 4. The summed E-state index contributed by atoms with van der Waals surface area (Å²) in [5.41, 5.74) is 11.2. The summed E-state index contributed by atoms with van der Waals surface area (Å²) >= 11 is 0. The van der Waals surface area contributed by atoms with Gasteiger partial charge in [-0.1, -0.05) is 12.1 Å². The maximum Gasteiger partial charge on any atom is 0.243 e. The molecule has 0 aliphatic carbocycles. The third kappa shape index (κ3) is 7.42. The van der Waals surface area contributed by atoms with Gasteiger partial charge in [0.2, 0.25) is 17.7 Å². The number of primary amides is 1. The minimum Gasteiger partial charge on any atom is -0.508 e. The van der Waals surface area contributed by atoms with E-state index in [0.29, 0.717) is 11.8 Å². The zero-order valence-electron chi connectivity index (χ0n) is 14.8. The van der Waals surface area contributed by atoms with Crippen LogP contribution in [0, 0.1) is 0 Å². The molecule has 0 fully saturated rings. The summed E-state index contributed by atoms with van der Waals surface area (Å²) in [6.45, 7) is 1.33. The Balaban J connectivity index is 2.95. The van der Waals surface area contributed by atoms with E-state index in [9.17, 15) is 29.4 Å². The molecular weight excluding hydrogens is 356 g/mol. The van der Waals surface area contributed by atoms with Crippen molar-refractivity contribution in [2.75, 3.05) is 0 Å². The van der Waals surface area contributed by atoms with Gasteiger partial charge in [-0.25, -0.2) is 0 Å². The number of phenolic OH excluding ortho intramolecular Hbond substituents is 1. The average Bonchev–Trinajstić information content (AvgIpc) is 2.59. The van der Waals surface area contributed by atoms with Crippen LogP contribution in [0.5, 0.6) is 5.75 Å². The summed E-state index contributed by atoms with van der Waals surface area (Å²) in [4.78, 5) is 46.5. The predicted octanol–water partition coefficient (Wildman–Crippen LogP) is -2.31. The molecule has 148 valence electrons. The summed E-state index contributed by atoms with van der Waals surface area (Å²) in [6.07, 6.45) is -1.13. The van der Waals surface area contributed by atoms with Crippen LogP contribution in [-0.4, -0.2) is 58.5 Å². The van der Waals surface area contributed by atoms with Gasteiger partial charge in [0.25, 0.3) is 0 Å². The second-order valence-electron chi connectivity index (χ2n) is 6.12. The molecule has 27 heavy (non-hydrogen) atoms. The molecule has 0 saturated carbocycles. The first-order valence-electron chi connectivity index (χ1n) is 8.20. The van der Waals surface area contributed by atoms with E-state index in [-0.39, 0.29) is 12.2 Å². The van der Waals surface area contributed by atoms with Gasteiger partial charge in [0.1, 0.15) is 24.1 Å². The van der Waals surface area contributed by atoms with E-state index in [1.807, 2.05) is 0 Å². The van der Waals surface area contributed by atoms with Gasteiger partial charge in [-0.2, -0.15) is 0 Å². The summed E-state index contributed by atoms with van der Waals surface area (Å²) < 4.78 is 0. The lowest BCUT2D eigenvalue weighted by Crippen LogP contribution is -2.56. The van der Waals surface area contributed by atoms with Crippen molar-refractivity contribution in [3.05, 3.63) is 29.8 Å². The predicted molar refractivity (Wildman–Crippen MR) is 95.2 cm³/mol. The number of rotatable bonds is 10. The molecule has 10 nitrogen and oxygen atoms in total. The van der Waals surface area contributed by atoms with Crippen LogP contribution in [-0.2, 0) is 25.6 Å². The molecule has 0 spiro atoms.